The van der Waals surface area contributed by atoms with Gasteiger partial charge in [-0.25, -0.2) is 9.37 Å². The quantitative estimate of drug-likeness (QED) is 0.558. The Morgan fingerprint density at radius 1 is 1.38 bits per heavy atom. The summed E-state index contributed by atoms with van der Waals surface area (Å²) in [7, 11) is 0. The molecule has 0 bridgehead atoms. The van der Waals surface area contributed by atoms with E-state index in [2.05, 4.69) is 22.3 Å². The van der Waals surface area contributed by atoms with Crippen LogP contribution in [0.1, 0.15) is 36.6 Å². The minimum Gasteiger partial charge on any atom is -0.348 e. The zero-order valence-corrected chi connectivity index (χ0v) is 17.2. The number of aromatic nitrogens is 4. The first-order valence-electron chi connectivity index (χ1n) is 9.45. The maximum Gasteiger partial charge on any atom is 0.244 e. The molecule has 0 radical (unpaired) electrons. The van der Waals surface area contributed by atoms with Crippen molar-refractivity contribution in [2.24, 2.45) is 0 Å². The molecular formula is C21H23ClFN5O. The van der Waals surface area contributed by atoms with Crippen LogP contribution in [0.4, 0.5) is 4.39 Å². The summed E-state index contributed by atoms with van der Waals surface area (Å²) >= 11 is 6.37. The standard InChI is InChI=1S/C21H23ClFN5O/c1-3-4-10-28-21(22)17(15(2)26-28)6-8-20(29)25-13-16-5-7-19(18(23)12-16)27-11-9-24-14-27/h5-9,11-12,14H,3-4,10,13H2,1-2H3,(H,25,29)/b8-6+. The number of hydrogen-bond donors (Lipinski definition) is 1. The van der Waals surface area contributed by atoms with Crippen LogP contribution in [-0.4, -0.2) is 25.2 Å². The van der Waals surface area contributed by atoms with Gasteiger partial charge in [-0.3, -0.25) is 9.48 Å². The molecule has 3 aromatic rings. The second-order valence-corrected chi connectivity index (χ2v) is 7.03. The molecular weight excluding hydrogens is 393 g/mol. The Morgan fingerprint density at radius 2 is 2.21 bits per heavy atom. The summed E-state index contributed by atoms with van der Waals surface area (Å²) in [4.78, 5) is 16.1. The summed E-state index contributed by atoms with van der Waals surface area (Å²) in [5, 5.41) is 7.69. The molecule has 0 unspecified atom stereocenters. The number of hydrogen-bond acceptors (Lipinski definition) is 3. The maximum absolute atomic E-state index is 14.3. The number of unbranched alkanes of at least 4 members (excludes halogenated alkanes) is 1. The molecule has 0 atom stereocenters. The highest BCUT2D eigenvalue weighted by Crippen LogP contribution is 2.21. The SMILES string of the molecule is CCCCn1nc(C)c(/C=C/C(=O)NCc2ccc(-n3ccnc3)c(F)c2)c1Cl. The van der Waals surface area contributed by atoms with Gasteiger partial charge in [0.15, 0.2) is 0 Å². The second-order valence-electron chi connectivity index (χ2n) is 6.67. The normalized spacial score (nSPS) is 11.3. The summed E-state index contributed by atoms with van der Waals surface area (Å²) < 4.78 is 17.6. The average molecular weight is 416 g/mol. The second kappa shape index (κ2) is 9.52. The minimum absolute atomic E-state index is 0.215. The van der Waals surface area contributed by atoms with Crippen molar-refractivity contribution in [2.45, 2.75) is 39.8 Å². The van der Waals surface area contributed by atoms with Crippen molar-refractivity contribution in [1.29, 1.82) is 0 Å². The van der Waals surface area contributed by atoms with Crippen LogP contribution in [-0.2, 0) is 17.9 Å². The Balaban J connectivity index is 1.60. The Bertz CT molecular complexity index is 1010. The van der Waals surface area contributed by atoms with Gasteiger partial charge >= 0.3 is 0 Å². The number of carbonyl (C=O) groups excluding carboxylic acids is 1. The van der Waals surface area contributed by atoms with E-state index >= 15 is 0 Å². The van der Waals surface area contributed by atoms with Crippen LogP contribution in [0.15, 0.2) is 43.0 Å². The first kappa shape index (κ1) is 20.8. The number of nitrogens with zero attached hydrogens (tertiary/aromatic N) is 4. The van der Waals surface area contributed by atoms with Crippen LogP contribution in [0.25, 0.3) is 11.8 Å². The summed E-state index contributed by atoms with van der Waals surface area (Å²) in [5.41, 5.74) is 2.57. The summed E-state index contributed by atoms with van der Waals surface area (Å²) in [6.07, 6.45) is 9.89. The lowest BCUT2D eigenvalue weighted by molar-refractivity contribution is -0.116. The highest BCUT2D eigenvalue weighted by atomic mass is 35.5. The Kier molecular flexibility index (Phi) is 6.82. The number of carbonyl (C=O) groups is 1. The third kappa shape index (κ3) is 5.12. The van der Waals surface area contributed by atoms with Crippen molar-refractivity contribution >= 4 is 23.6 Å². The summed E-state index contributed by atoms with van der Waals surface area (Å²) in [6, 6.07) is 4.82. The van der Waals surface area contributed by atoms with Gasteiger partial charge < -0.3 is 9.88 Å². The number of amides is 1. The fraction of sp³-hybridized carbons (Fsp3) is 0.286. The summed E-state index contributed by atoms with van der Waals surface area (Å²) in [5.74, 6) is -0.673. The minimum atomic E-state index is -0.382. The smallest absolute Gasteiger partial charge is 0.244 e. The van der Waals surface area contributed by atoms with E-state index in [1.807, 2.05) is 6.92 Å². The number of benzene rings is 1. The van der Waals surface area contributed by atoms with Crippen LogP contribution in [0.5, 0.6) is 0 Å². The number of aryl methyl sites for hydroxylation is 2. The Labute approximate surface area is 174 Å². The van der Waals surface area contributed by atoms with Crippen molar-refractivity contribution in [3.63, 3.8) is 0 Å². The van der Waals surface area contributed by atoms with Crippen molar-refractivity contribution < 1.29 is 9.18 Å². The number of imidazole rings is 1. The molecule has 0 aliphatic rings. The monoisotopic (exact) mass is 415 g/mol. The van der Waals surface area contributed by atoms with E-state index in [4.69, 9.17) is 11.6 Å². The predicted octanol–water partition coefficient (Wildman–Crippen LogP) is 4.30. The molecule has 1 aromatic carbocycles. The molecule has 1 amide bonds. The van der Waals surface area contributed by atoms with Gasteiger partial charge in [0.05, 0.1) is 17.7 Å². The molecule has 6 nitrogen and oxygen atoms in total. The van der Waals surface area contributed by atoms with E-state index < -0.39 is 0 Å². The van der Waals surface area contributed by atoms with E-state index in [9.17, 15) is 9.18 Å². The molecule has 0 fully saturated rings. The van der Waals surface area contributed by atoms with Gasteiger partial charge in [0.2, 0.25) is 5.91 Å². The maximum atomic E-state index is 14.3. The van der Waals surface area contributed by atoms with Gasteiger partial charge in [-0.1, -0.05) is 31.0 Å². The fourth-order valence-electron chi connectivity index (χ4n) is 2.89. The molecule has 2 aromatic heterocycles. The van der Waals surface area contributed by atoms with E-state index in [0.29, 0.717) is 16.4 Å². The molecule has 152 valence electrons. The molecule has 3 rings (SSSR count). The van der Waals surface area contributed by atoms with Crippen LogP contribution in [0, 0.1) is 12.7 Å². The molecule has 0 spiro atoms. The molecule has 29 heavy (non-hydrogen) atoms. The molecule has 0 aliphatic heterocycles. The number of nitrogens with one attached hydrogen (secondary N) is 1. The number of rotatable bonds is 8. The van der Waals surface area contributed by atoms with Crippen molar-refractivity contribution in [3.8, 4) is 5.69 Å². The molecule has 1 N–H and O–H groups in total. The van der Waals surface area contributed by atoms with E-state index in [-0.39, 0.29) is 18.3 Å². The topological polar surface area (TPSA) is 64.7 Å². The van der Waals surface area contributed by atoms with Crippen molar-refractivity contribution in [1.82, 2.24) is 24.6 Å². The Morgan fingerprint density at radius 3 is 2.90 bits per heavy atom. The van der Waals surface area contributed by atoms with Gasteiger partial charge in [0.1, 0.15) is 11.0 Å². The molecule has 8 heteroatoms. The number of halogens is 2. The molecule has 0 saturated heterocycles. The highest BCUT2D eigenvalue weighted by molar-refractivity contribution is 6.31. The van der Waals surface area contributed by atoms with Crippen LogP contribution in [0.3, 0.4) is 0 Å². The van der Waals surface area contributed by atoms with Crippen LogP contribution >= 0.6 is 11.6 Å². The average Bonchev–Trinajstić information content (AvgIpc) is 3.32. The van der Waals surface area contributed by atoms with E-state index in [1.54, 1.807) is 39.9 Å². The fourth-order valence-corrected chi connectivity index (χ4v) is 3.21. The predicted molar refractivity (Wildman–Crippen MR) is 111 cm³/mol. The van der Waals surface area contributed by atoms with Gasteiger partial charge in [-0.15, -0.1) is 0 Å². The molecule has 0 aliphatic carbocycles. The van der Waals surface area contributed by atoms with E-state index in [1.165, 1.54) is 18.5 Å². The van der Waals surface area contributed by atoms with Gasteiger partial charge in [-0.05, 0) is 37.1 Å². The first-order chi connectivity index (χ1) is 14.0. The first-order valence-corrected chi connectivity index (χ1v) is 9.83. The zero-order valence-electron chi connectivity index (χ0n) is 16.4. The van der Waals surface area contributed by atoms with Crippen LogP contribution in [0.2, 0.25) is 5.15 Å². The highest BCUT2D eigenvalue weighted by Gasteiger charge is 2.11. The van der Waals surface area contributed by atoms with Crippen LogP contribution < -0.4 is 5.32 Å². The third-order valence-electron chi connectivity index (χ3n) is 4.50. The third-order valence-corrected chi connectivity index (χ3v) is 4.89. The van der Waals surface area contributed by atoms with Crippen molar-refractivity contribution in [2.75, 3.05) is 0 Å². The Hall–Kier alpha value is -2.93. The van der Waals surface area contributed by atoms with Gasteiger partial charge in [-0.2, -0.15) is 5.10 Å². The van der Waals surface area contributed by atoms with Gasteiger partial charge in [0.25, 0.3) is 0 Å². The lowest BCUT2D eigenvalue weighted by Gasteiger charge is -2.07. The largest absolute Gasteiger partial charge is 0.348 e. The van der Waals surface area contributed by atoms with Gasteiger partial charge in [0, 0.05) is 37.1 Å². The molecule has 0 saturated carbocycles. The summed E-state index contributed by atoms with van der Waals surface area (Å²) in [6.45, 7) is 4.92. The lowest BCUT2D eigenvalue weighted by Crippen LogP contribution is -2.20. The lowest BCUT2D eigenvalue weighted by atomic mass is 10.2. The molecule has 2 heterocycles. The van der Waals surface area contributed by atoms with Crippen molar-refractivity contribution in [3.05, 3.63) is 70.8 Å². The van der Waals surface area contributed by atoms with E-state index in [0.717, 1.165) is 30.6 Å². The zero-order chi connectivity index (χ0) is 20.8.